The van der Waals surface area contributed by atoms with Crippen LogP contribution in [0.15, 0.2) is 71.9 Å². The fourth-order valence-electron chi connectivity index (χ4n) is 3.80. The number of aromatic nitrogens is 2. The highest BCUT2D eigenvalue weighted by atomic mass is 35.5. The number of nitrogens with zero attached hydrogens (tertiary/aromatic N) is 5. The Kier molecular flexibility index (Phi) is 8.20. The minimum Gasteiger partial charge on any atom is -0.355 e. The molecule has 3 aromatic rings. The fourth-order valence-corrected chi connectivity index (χ4v) is 4.78. The van der Waals surface area contributed by atoms with E-state index in [2.05, 4.69) is 51.3 Å². The Morgan fingerprint density at radius 3 is 2.27 bits per heavy atom. The van der Waals surface area contributed by atoms with Gasteiger partial charge in [0.2, 0.25) is 5.91 Å². The first-order valence-electron chi connectivity index (χ1n) is 11.0. The maximum Gasteiger partial charge on any atom is 0.233 e. The van der Waals surface area contributed by atoms with Gasteiger partial charge in [0, 0.05) is 52.4 Å². The van der Waals surface area contributed by atoms with Gasteiger partial charge < -0.3 is 9.80 Å². The first kappa shape index (κ1) is 23.5. The Balaban J connectivity index is 1.27. The first-order valence-corrected chi connectivity index (χ1v) is 12.4. The van der Waals surface area contributed by atoms with Crippen molar-refractivity contribution >= 4 is 35.1 Å². The van der Waals surface area contributed by atoms with E-state index in [0.717, 1.165) is 38.5 Å². The molecule has 0 N–H and O–H groups in total. The molecule has 1 aromatic heterocycles. The van der Waals surface area contributed by atoms with Crippen molar-refractivity contribution in [2.24, 2.45) is 0 Å². The maximum atomic E-state index is 12.8. The van der Waals surface area contributed by atoms with Gasteiger partial charge in [-0.1, -0.05) is 84.0 Å². The maximum absolute atomic E-state index is 12.8. The van der Waals surface area contributed by atoms with Crippen LogP contribution in [0.4, 0.5) is 5.82 Å². The minimum atomic E-state index is 0.113. The highest BCUT2D eigenvalue weighted by molar-refractivity contribution is 7.99. The molecule has 33 heavy (non-hydrogen) atoms. The molecule has 1 aliphatic heterocycles. The average Bonchev–Trinajstić information content (AvgIpc) is 2.84. The third-order valence-corrected chi connectivity index (χ3v) is 6.64. The Bertz CT molecular complexity index is 1050. The van der Waals surface area contributed by atoms with E-state index in [9.17, 15) is 4.79 Å². The molecular formula is C25H28ClN5OS. The Labute approximate surface area is 204 Å². The third-order valence-electron chi connectivity index (χ3n) is 5.61. The van der Waals surface area contributed by atoms with Crippen LogP contribution in [0.5, 0.6) is 0 Å². The summed E-state index contributed by atoms with van der Waals surface area (Å²) >= 11 is 7.59. The minimum absolute atomic E-state index is 0.113. The molecule has 1 amide bonds. The molecule has 1 fully saturated rings. The van der Waals surface area contributed by atoms with E-state index in [0.29, 0.717) is 22.6 Å². The Hall–Kier alpha value is -2.61. The third kappa shape index (κ3) is 6.93. The van der Waals surface area contributed by atoms with Crippen LogP contribution in [-0.2, 0) is 17.9 Å². The van der Waals surface area contributed by atoms with Gasteiger partial charge in [-0.25, -0.2) is 9.97 Å². The van der Waals surface area contributed by atoms with Crippen LogP contribution in [0.2, 0.25) is 5.15 Å². The molecule has 6 nitrogen and oxygen atoms in total. The molecule has 1 aliphatic rings. The molecule has 0 unspecified atom stereocenters. The standard InChI is InChI=1S/C25H28ClN5OS/c1-29(17-20-8-4-2-5-9-20)23-16-22(26)27-25(28-23)33-19-24(32)31-14-12-30(13-15-31)18-21-10-6-3-7-11-21/h2-11,16H,12-15,17-19H2,1H3. The number of piperazine rings is 1. The summed E-state index contributed by atoms with van der Waals surface area (Å²) in [5.41, 5.74) is 2.49. The van der Waals surface area contributed by atoms with Crippen molar-refractivity contribution in [1.29, 1.82) is 0 Å². The molecule has 0 saturated carbocycles. The van der Waals surface area contributed by atoms with Crippen LogP contribution >= 0.6 is 23.4 Å². The Morgan fingerprint density at radius 1 is 0.970 bits per heavy atom. The summed E-state index contributed by atoms with van der Waals surface area (Å²) in [6.07, 6.45) is 0. The van der Waals surface area contributed by atoms with Gasteiger partial charge in [-0.2, -0.15) is 0 Å². The van der Waals surface area contributed by atoms with E-state index in [4.69, 9.17) is 11.6 Å². The number of benzene rings is 2. The van der Waals surface area contributed by atoms with Crippen molar-refractivity contribution in [3.05, 3.63) is 83.0 Å². The molecule has 4 rings (SSSR count). The summed E-state index contributed by atoms with van der Waals surface area (Å²) in [6.45, 7) is 4.89. The van der Waals surface area contributed by atoms with Crippen molar-refractivity contribution in [2.75, 3.05) is 43.9 Å². The summed E-state index contributed by atoms with van der Waals surface area (Å²) in [5.74, 6) is 1.16. The molecule has 0 spiro atoms. The summed E-state index contributed by atoms with van der Waals surface area (Å²) in [6, 6.07) is 22.4. The number of amides is 1. The van der Waals surface area contributed by atoms with Gasteiger partial charge in [-0.05, 0) is 11.1 Å². The quantitative estimate of drug-likeness (QED) is 0.273. The zero-order valence-electron chi connectivity index (χ0n) is 18.7. The topological polar surface area (TPSA) is 52.6 Å². The van der Waals surface area contributed by atoms with Crippen LogP contribution in [0, 0.1) is 0 Å². The molecule has 2 aromatic carbocycles. The van der Waals surface area contributed by atoms with Gasteiger partial charge in [-0.3, -0.25) is 9.69 Å². The van der Waals surface area contributed by atoms with Gasteiger partial charge >= 0.3 is 0 Å². The van der Waals surface area contributed by atoms with Crippen molar-refractivity contribution in [3.8, 4) is 0 Å². The predicted octanol–water partition coefficient (Wildman–Crippen LogP) is 4.20. The van der Waals surface area contributed by atoms with Crippen LogP contribution in [0.1, 0.15) is 11.1 Å². The fraction of sp³-hybridized carbons (Fsp3) is 0.320. The molecule has 0 radical (unpaired) electrons. The van der Waals surface area contributed by atoms with Crippen LogP contribution < -0.4 is 4.90 Å². The van der Waals surface area contributed by atoms with Gasteiger partial charge in [0.15, 0.2) is 5.16 Å². The normalized spacial score (nSPS) is 14.3. The summed E-state index contributed by atoms with van der Waals surface area (Å²) in [7, 11) is 1.97. The smallest absolute Gasteiger partial charge is 0.233 e. The van der Waals surface area contributed by atoms with E-state index in [-0.39, 0.29) is 5.91 Å². The van der Waals surface area contributed by atoms with Gasteiger partial charge in [0.05, 0.1) is 5.75 Å². The van der Waals surface area contributed by atoms with E-state index in [1.54, 1.807) is 6.07 Å². The number of anilines is 1. The molecule has 0 aliphatic carbocycles. The molecule has 0 atom stereocenters. The first-order chi connectivity index (χ1) is 16.1. The highest BCUT2D eigenvalue weighted by Gasteiger charge is 2.21. The predicted molar refractivity (Wildman–Crippen MR) is 135 cm³/mol. The molecule has 0 bridgehead atoms. The van der Waals surface area contributed by atoms with Crippen LogP contribution in [0.3, 0.4) is 0 Å². The molecule has 172 valence electrons. The molecule has 2 heterocycles. The number of carbonyl (C=O) groups excluding carboxylic acids is 1. The molecular weight excluding hydrogens is 454 g/mol. The number of halogens is 1. The number of thioether (sulfide) groups is 1. The van der Waals surface area contributed by atoms with Gasteiger partial charge in [-0.15, -0.1) is 0 Å². The SMILES string of the molecule is CN(Cc1ccccc1)c1cc(Cl)nc(SCC(=O)N2CCN(Cc3ccccc3)CC2)n1. The van der Waals surface area contributed by atoms with Crippen molar-refractivity contribution in [3.63, 3.8) is 0 Å². The lowest BCUT2D eigenvalue weighted by atomic mass is 10.2. The lowest BCUT2D eigenvalue weighted by molar-refractivity contribution is -0.130. The number of rotatable bonds is 8. The van der Waals surface area contributed by atoms with Crippen LogP contribution in [-0.4, -0.2) is 64.7 Å². The number of hydrogen-bond acceptors (Lipinski definition) is 6. The number of carbonyl (C=O) groups is 1. The molecule has 8 heteroatoms. The summed E-state index contributed by atoms with van der Waals surface area (Å²) in [5, 5.41) is 0.901. The van der Waals surface area contributed by atoms with E-state index >= 15 is 0 Å². The van der Waals surface area contributed by atoms with E-state index < -0.39 is 0 Å². The zero-order valence-corrected chi connectivity index (χ0v) is 20.3. The van der Waals surface area contributed by atoms with Gasteiger partial charge in [0.1, 0.15) is 11.0 Å². The zero-order chi connectivity index (χ0) is 23.0. The second-order valence-corrected chi connectivity index (χ2v) is 9.43. The molecule has 1 saturated heterocycles. The summed E-state index contributed by atoms with van der Waals surface area (Å²) < 4.78 is 0. The lowest BCUT2D eigenvalue weighted by Gasteiger charge is -2.34. The average molecular weight is 482 g/mol. The van der Waals surface area contributed by atoms with Crippen LogP contribution in [0.25, 0.3) is 0 Å². The second kappa shape index (κ2) is 11.5. The van der Waals surface area contributed by atoms with Crippen molar-refractivity contribution in [2.45, 2.75) is 18.2 Å². The lowest BCUT2D eigenvalue weighted by Crippen LogP contribution is -2.48. The highest BCUT2D eigenvalue weighted by Crippen LogP contribution is 2.23. The Morgan fingerprint density at radius 2 is 1.61 bits per heavy atom. The van der Waals surface area contributed by atoms with Crippen molar-refractivity contribution < 1.29 is 4.79 Å². The van der Waals surface area contributed by atoms with E-state index in [1.807, 2.05) is 41.1 Å². The van der Waals surface area contributed by atoms with Crippen molar-refractivity contribution in [1.82, 2.24) is 19.8 Å². The monoisotopic (exact) mass is 481 g/mol. The summed E-state index contributed by atoms with van der Waals surface area (Å²) in [4.78, 5) is 28.1. The largest absolute Gasteiger partial charge is 0.355 e. The van der Waals surface area contributed by atoms with E-state index in [1.165, 1.54) is 22.9 Å². The number of hydrogen-bond donors (Lipinski definition) is 0. The second-order valence-electron chi connectivity index (χ2n) is 8.10. The van der Waals surface area contributed by atoms with Gasteiger partial charge in [0.25, 0.3) is 0 Å².